The Labute approximate surface area is 165 Å². The standard InChI is InChI=1S/C23H24N2O3/c1-3-14-28-21-10-6-18(7-11-21)12-13-24-23(27)19-15-22(26)25(16-19)20-8-4-17(2)5-9-20/h1,4-11,19H,12-16H2,2H3,(H,24,27). The van der Waals surface area contributed by atoms with Crippen LogP contribution in [0.2, 0.25) is 0 Å². The molecule has 2 amide bonds. The molecule has 1 N–H and O–H groups in total. The molecule has 2 aromatic carbocycles. The topological polar surface area (TPSA) is 58.6 Å². The number of carbonyl (C=O) groups excluding carboxylic acids is 2. The van der Waals surface area contributed by atoms with Crippen LogP contribution in [0, 0.1) is 25.2 Å². The zero-order chi connectivity index (χ0) is 19.9. The third-order valence-electron chi connectivity index (χ3n) is 4.80. The first-order chi connectivity index (χ1) is 13.6. The summed E-state index contributed by atoms with van der Waals surface area (Å²) in [5, 5.41) is 2.95. The summed E-state index contributed by atoms with van der Waals surface area (Å²) in [5.41, 5.74) is 3.08. The maximum atomic E-state index is 12.5. The van der Waals surface area contributed by atoms with Crippen molar-refractivity contribution >= 4 is 17.5 Å². The highest BCUT2D eigenvalue weighted by atomic mass is 16.5. The fraction of sp³-hybridized carbons (Fsp3) is 0.304. The lowest BCUT2D eigenvalue weighted by Crippen LogP contribution is -2.34. The van der Waals surface area contributed by atoms with Gasteiger partial charge in [-0.1, -0.05) is 35.7 Å². The summed E-state index contributed by atoms with van der Waals surface area (Å²) in [7, 11) is 0. The molecule has 0 aliphatic carbocycles. The Kier molecular flexibility index (Phi) is 6.33. The van der Waals surface area contributed by atoms with Gasteiger partial charge in [-0.25, -0.2) is 0 Å². The van der Waals surface area contributed by atoms with Gasteiger partial charge in [0.1, 0.15) is 12.4 Å². The van der Waals surface area contributed by atoms with E-state index in [1.54, 1.807) is 4.90 Å². The van der Waals surface area contributed by atoms with Crippen LogP contribution in [0.25, 0.3) is 0 Å². The number of rotatable bonds is 7. The summed E-state index contributed by atoms with van der Waals surface area (Å²) >= 11 is 0. The number of anilines is 1. The minimum absolute atomic E-state index is 0.00781. The largest absolute Gasteiger partial charge is 0.481 e. The lowest BCUT2D eigenvalue weighted by Gasteiger charge is -2.17. The van der Waals surface area contributed by atoms with Gasteiger partial charge in [-0.15, -0.1) is 6.42 Å². The van der Waals surface area contributed by atoms with E-state index in [2.05, 4.69) is 11.2 Å². The summed E-state index contributed by atoms with van der Waals surface area (Å²) in [6.45, 7) is 3.20. The molecule has 28 heavy (non-hydrogen) atoms. The Morgan fingerprint density at radius 1 is 1.21 bits per heavy atom. The van der Waals surface area contributed by atoms with E-state index in [1.165, 1.54) is 0 Å². The summed E-state index contributed by atoms with van der Waals surface area (Å²) in [6.07, 6.45) is 6.13. The van der Waals surface area contributed by atoms with Gasteiger partial charge in [0.15, 0.2) is 0 Å². The van der Waals surface area contributed by atoms with E-state index in [-0.39, 0.29) is 30.8 Å². The third-order valence-corrected chi connectivity index (χ3v) is 4.80. The van der Waals surface area contributed by atoms with Crippen LogP contribution in [-0.4, -0.2) is 31.5 Å². The lowest BCUT2D eigenvalue weighted by atomic mass is 10.1. The highest BCUT2D eigenvalue weighted by molar-refractivity contribution is 6.00. The lowest BCUT2D eigenvalue weighted by molar-refractivity contribution is -0.126. The Morgan fingerprint density at radius 2 is 1.93 bits per heavy atom. The highest BCUT2D eigenvalue weighted by Gasteiger charge is 2.34. The molecular formula is C23H24N2O3. The molecular weight excluding hydrogens is 352 g/mol. The number of hydrogen-bond acceptors (Lipinski definition) is 3. The Hall–Kier alpha value is -3.26. The quantitative estimate of drug-likeness (QED) is 0.756. The maximum absolute atomic E-state index is 12.5. The molecule has 5 heteroatoms. The summed E-state index contributed by atoms with van der Waals surface area (Å²) in [4.78, 5) is 26.4. The molecule has 2 aromatic rings. The van der Waals surface area contributed by atoms with Gasteiger partial charge in [0, 0.05) is 25.2 Å². The van der Waals surface area contributed by atoms with Gasteiger partial charge in [0.2, 0.25) is 11.8 Å². The first-order valence-electron chi connectivity index (χ1n) is 9.37. The number of carbonyl (C=O) groups is 2. The van der Waals surface area contributed by atoms with Gasteiger partial charge in [0.05, 0.1) is 5.92 Å². The predicted octanol–water partition coefficient (Wildman–Crippen LogP) is 2.72. The van der Waals surface area contributed by atoms with Crippen LogP contribution in [0.5, 0.6) is 5.75 Å². The number of amides is 2. The zero-order valence-corrected chi connectivity index (χ0v) is 16.0. The summed E-state index contributed by atoms with van der Waals surface area (Å²) in [6, 6.07) is 15.4. The molecule has 1 atom stereocenters. The summed E-state index contributed by atoms with van der Waals surface area (Å²) < 4.78 is 5.34. The van der Waals surface area contributed by atoms with E-state index in [1.807, 2.05) is 55.5 Å². The monoisotopic (exact) mass is 376 g/mol. The Morgan fingerprint density at radius 3 is 2.61 bits per heavy atom. The minimum Gasteiger partial charge on any atom is -0.481 e. The first kappa shape index (κ1) is 19.5. The molecule has 0 spiro atoms. The fourth-order valence-corrected chi connectivity index (χ4v) is 3.21. The van der Waals surface area contributed by atoms with Crippen molar-refractivity contribution in [1.82, 2.24) is 5.32 Å². The number of aryl methyl sites for hydroxylation is 1. The number of nitrogens with zero attached hydrogens (tertiary/aromatic N) is 1. The SMILES string of the molecule is C#CCOc1ccc(CCNC(=O)C2CC(=O)N(c3ccc(C)cc3)C2)cc1. The molecule has 5 nitrogen and oxygen atoms in total. The molecule has 0 saturated carbocycles. The van der Waals surface area contributed by atoms with Gasteiger partial charge in [-0.3, -0.25) is 9.59 Å². The van der Waals surface area contributed by atoms with Crippen molar-refractivity contribution < 1.29 is 14.3 Å². The van der Waals surface area contributed by atoms with Crippen LogP contribution in [0.1, 0.15) is 17.5 Å². The second-order valence-electron chi connectivity index (χ2n) is 6.92. The maximum Gasteiger partial charge on any atom is 0.227 e. The number of benzene rings is 2. The van der Waals surface area contributed by atoms with Crippen LogP contribution >= 0.6 is 0 Å². The van der Waals surface area contributed by atoms with Gasteiger partial charge in [0.25, 0.3) is 0 Å². The van der Waals surface area contributed by atoms with E-state index < -0.39 is 0 Å². The van der Waals surface area contributed by atoms with Gasteiger partial charge in [-0.05, 0) is 43.2 Å². The average molecular weight is 376 g/mol. The molecule has 1 saturated heterocycles. The molecule has 1 heterocycles. The van der Waals surface area contributed by atoms with Crippen LogP contribution in [0.15, 0.2) is 48.5 Å². The number of nitrogens with one attached hydrogen (secondary N) is 1. The number of ether oxygens (including phenoxy) is 1. The summed E-state index contributed by atoms with van der Waals surface area (Å²) in [5.74, 6) is 2.76. The van der Waals surface area contributed by atoms with Gasteiger partial charge in [-0.2, -0.15) is 0 Å². The van der Waals surface area contributed by atoms with Crippen molar-refractivity contribution in [3.8, 4) is 18.1 Å². The molecule has 1 fully saturated rings. The molecule has 0 bridgehead atoms. The van der Waals surface area contributed by atoms with E-state index >= 15 is 0 Å². The van der Waals surface area contributed by atoms with E-state index in [4.69, 9.17) is 11.2 Å². The minimum atomic E-state index is -0.312. The fourth-order valence-electron chi connectivity index (χ4n) is 3.21. The van der Waals surface area contributed by atoms with Crippen LogP contribution in [-0.2, 0) is 16.0 Å². The smallest absolute Gasteiger partial charge is 0.227 e. The molecule has 1 unspecified atom stereocenters. The highest BCUT2D eigenvalue weighted by Crippen LogP contribution is 2.25. The van der Waals surface area contributed by atoms with Crippen LogP contribution < -0.4 is 15.0 Å². The van der Waals surface area contributed by atoms with Crippen molar-refractivity contribution in [3.05, 3.63) is 59.7 Å². The van der Waals surface area contributed by atoms with E-state index in [9.17, 15) is 9.59 Å². The predicted molar refractivity (Wildman–Crippen MR) is 109 cm³/mol. The Bertz CT molecular complexity index is 866. The van der Waals surface area contributed by atoms with Crippen molar-refractivity contribution in [2.75, 3.05) is 24.6 Å². The number of hydrogen-bond donors (Lipinski definition) is 1. The first-order valence-corrected chi connectivity index (χ1v) is 9.37. The third kappa shape index (κ3) is 4.92. The molecule has 1 aliphatic heterocycles. The normalized spacial score (nSPS) is 15.9. The van der Waals surface area contributed by atoms with Crippen molar-refractivity contribution in [3.63, 3.8) is 0 Å². The molecule has 144 valence electrons. The van der Waals surface area contributed by atoms with Crippen molar-refractivity contribution in [1.29, 1.82) is 0 Å². The van der Waals surface area contributed by atoms with E-state index in [0.717, 1.165) is 22.6 Å². The number of terminal acetylenes is 1. The van der Waals surface area contributed by atoms with Crippen LogP contribution in [0.4, 0.5) is 5.69 Å². The molecule has 1 aliphatic rings. The molecule has 3 rings (SSSR count). The molecule has 0 aromatic heterocycles. The van der Waals surface area contributed by atoms with Crippen molar-refractivity contribution in [2.45, 2.75) is 19.8 Å². The van der Waals surface area contributed by atoms with Crippen LogP contribution in [0.3, 0.4) is 0 Å². The van der Waals surface area contributed by atoms with E-state index in [0.29, 0.717) is 19.5 Å². The second kappa shape index (κ2) is 9.09. The Balaban J connectivity index is 1.47. The zero-order valence-electron chi connectivity index (χ0n) is 16.0. The average Bonchev–Trinajstić information content (AvgIpc) is 3.09. The van der Waals surface area contributed by atoms with Gasteiger partial charge >= 0.3 is 0 Å². The van der Waals surface area contributed by atoms with Crippen molar-refractivity contribution in [2.24, 2.45) is 5.92 Å². The second-order valence-corrected chi connectivity index (χ2v) is 6.92. The molecule has 0 radical (unpaired) electrons. The van der Waals surface area contributed by atoms with Gasteiger partial charge < -0.3 is 15.0 Å².